The van der Waals surface area contributed by atoms with E-state index in [-0.39, 0.29) is 17.7 Å². The predicted octanol–water partition coefficient (Wildman–Crippen LogP) is 1.27. The minimum atomic E-state index is -0.936. The molecule has 1 aromatic carbocycles. The van der Waals surface area contributed by atoms with E-state index in [4.69, 9.17) is 11.6 Å². The normalized spacial score (nSPS) is 16.7. The fraction of sp³-hybridized carbons (Fsp3) is 0.500. The van der Waals surface area contributed by atoms with Crippen molar-refractivity contribution in [2.24, 2.45) is 5.92 Å². The molecule has 5 nitrogen and oxygen atoms in total. The first-order valence-electron chi connectivity index (χ1n) is 7.48. The fourth-order valence-electron chi connectivity index (χ4n) is 2.15. The fourth-order valence-corrected chi connectivity index (χ4v) is 2.37. The van der Waals surface area contributed by atoms with Gasteiger partial charge in [0.05, 0.1) is 6.10 Å². The molecule has 0 bridgehead atoms. The number of benzene rings is 1. The molecule has 0 aliphatic heterocycles. The van der Waals surface area contributed by atoms with Gasteiger partial charge in [-0.05, 0) is 43.9 Å². The third-order valence-electron chi connectivity index (χ3n) is 3.61. The highest BCUT2D eigenvalue weighted by molar-refractivity contribution is 6.30. The van der Waals surface area contributed by atoms with Gasteiger partial charge >= 0.3 is 0 Å². The lowest BCUT2D eigenvalue weighted by Gasteiger charge is -2.20. The molecule has 0 radical (unpaired) electrons. The summed E-state index contributed by atoms with van der Waals surface area (Å²) in [7, 11) is 0. The SMILES string of the molecule is CC(O)C(NC(=O)C1CC1)C(=O)NCCc1cccc(Cl)c1. The average molecular weight is 325 g/mol. The van der Waals surface area contributed by atoms with Crippen LogP contribution in [0, 0.1) is 5.92 Å². The number of hydrogen-bond acceptors (Lipinski definition) is 3. The maximum atomic E-state index is 12.1. The molecule has 1 aliphatic rings. The topological polar surface area (TPSA) is 78.4 Å². The first-order valence-corrected chi connectivity index (χ1v) is 7.86. The van der Waals surface area contributed by atoms with Crippen LogP contribution in [0.4, 0.5) is 0 Å². The number of aliphatic hydroxyl groups is 1. The molecule has 0 heterocycles. The van der Waals surface area contributed by atoms with Crippen molar-refractivity contribution < 1.29 is 14.7 Å². The number of amides is 2. The summed E-state index contributed by atoms with van der Waals surface area (Å²) in [6, 6.07) is 6.51. The second-order valence-electron chi connectivity index (χ2n) is 5.67. The Hall–Kier alpha value is -1.59. The average Bonchev–Trinajstić information content (AvgIpc) is 3.28. The molecule has 120 valence electrons. The summed E-state index contributed by atoms with van der Waals surface area (Å²) in [5.74, 6) is -0.526. The Kier molecular flexibility index (Phi) is 5.80. The molecule has 1 aliphatic carbocycles. The Morgan fingerprint density at radius 2 is 2.14 bits per heavy atom. The molecule has 22 heavy (non-hydrogen) atoms. The van der Waals surface area contributed by atoms with E-state index < -0.39 is 12.1 Å². The van der Waals surface area contributed by atoms with Gasteiger partial charge in [-0.15, -0.1) is 0 Å². The van der Waals surface area contributed by atoms with Crippen molar-refractivity contribution in [3.05, 3.63) is 34.9 Å². The van der Waals surface area contributed by atoms with Crippen LogP contribution in [-0.2, 0) is 16.0 Å². The molecule has 0 aromatic heterocycles. The van der Waals surface area contributed by atoms with Crippen LogP contribution in [0.1, 0.15) is 25.3 Å². The lowest BCUT2D eigenvalue weighted by atomic mass is 10.1. The Balaban J connectivity index is 1.81. The molecule has 2 rings (SSSR count). The Labute approximate surface area is 135 Å². The van der Waals surface area contributed by atoms with Gasteiger partial charge in [-0.1, -0.05) is 23.7 Å². The zero-order valence-electron chi connectivity index (χ0n) is 12.5. The lowest BCUT2D eigenvalue weighted by molar-refractivity contribution is -0.132. The molecule has 0 spiro atoms. The first-order chi connectivity index (χ1) is 10.5. The highest BCUT2D eigenvalue weighted by Crippen LogP contribution is 2.28. The molecule has 3 N–H and O–H groups in total. The van der Waals surface area contributed by atoms with E-state index in [2.05, 4.69) is 10.6 Å². The monoisotopic (exact) mass is 324 g/mol. The summed E-state index contributed by atoms with van der Waals surface area (Å²) < 4.78 is 0. The van der Waals surface area contributed by atoms with Gasteiger partial charge in [-0.3, -0.25) is 9.59 Å². The van der Waals surface area contributed by atoms with Gasteiger partial charge in [0.25, 0.3) is 0 Å². The predicted molar refractivity (Wildman–Crippen MR) is 84.5 cm³/mol. The maximum Gasteiger partial charge on any atom is 0.245 e. The van der Waals surface area contributed by atoms with E-state index in [1.165, 1.54) is 6.92 Å². The number of carbonyl (C=O) groups is 2. The maximum absolute atomic E-state index is 12.1. The van der Waals surface area contributed by atoms with E-state index in [9.17, 15) is 14.7 Å². The highest BCUT2D eigenvalue weighted by Gasteiger charge is 2.34. The van der Waals surface area contributed by atoms with E-state index in [1.54, 1.807) is 6.07 Å². The zero-order chi connectivity index (χ0) is 16.1. The van der Waals surface area contributed by atoms with Crippen LogP contribution in [0.2, 0.25) is 5.02 Å². The summed E-state index contributed by atoms with van der Waals surface area (Å²) >= 11 is 5.90. The quantitative estimate of drug-likeness (QED) is 0.707. The summed E-state index contributed by atoms with van der Waals surface area (Å²) in [5.41, 5.74) is 1.02. The standard InChI is InChI=1S/C16H21ClN2O3/c1-10(20)14(19-15(21)12-5-6-12)16(22)18-8-7-11-3-2-4-13(17)9-11/h2-4,9-10,12,14,20H,5-8H2,1H3,(H,18,22)(H,19,21). The molecule has 2 amide bonds. The second kappa shape index (κ2) is 7.61. The van der Waals surface area contributed by atoms with Crippen LogP contribution in [0.3, 0.4) is 0 Å². The molecule has 1 fully saturated rings. The molecule has 2 atom stereocenters. The third-order valence-corrected chi connectivity index (χ3v) is 3.85. The van der Waals surface area contributed by atoms with E-state index >= 15 is 0 Å². The number of carbonyl (C=O) groups excluding carboxylic acids is 2. The Bertz CT molecular complexity index is 544. The number of aliphatic hydroxyl groups excluding tert-OH is 1. The van der Waals surface area contributed by atoms with E-state index in [0.29, 0.717) is 18.0 Å². The van der Waals surface area contributed by atoms with Gasteiger partial charge in [0.15, 0.2) is 0 Å². The second-order valence-corrected chi connectivity index (χ2v) is 6.11. The molecule has 0 saturated heterocycles. The lowest BCUT2D eigenvalue weighted by Crippen LogP contribution is -2.53. The highest BCUT2D eigenvalue weighted by atomic mass is 35.5. The first kappa shape index (κ1) is 16.8. The van der Waals surface area contributed by atoms with Crippen molar-refractivity contribution in [1.82, 2.24) is 10.6 Å². The van der Waals surface area contributed by atoms with Crippen LogP contribution in [0.25, 0.3) is 0 Å². The van der Waals surface area contributed by atoms with Crippen LogP contribution in [0.15, 0.2) is 24.3 Å². The van der Waals surface area contributed by atoms with E-state index in [1.807, 2.05) is 18.2 Å². The number of halogens is 1. The van der Waals surface area contributed by atoms with Crippen LogP contribution in [0.5, 0.6) is 0 Å². The molecule has 1 aromatic rings. The molecule has 1 saturated carbocycles. The minimum Gasteiger partial charge on any atom is -0.391 e. The summed E-state index contributed by atoms with van der Waals surface area (Å²) in [5, 5.41) is 15.7. The third kappa shape index (κ3) is 5.00. The number of rotatable bonds is 7. The number of hydrogen-bond donors (Lipinski definition) is 3. The van der Waals surface area contributed by atoms with Gasteiger partial charge in [0.2, 0.25) is 11.8 Å². The van der Waals surface area contributed by atoms with Gasteiger partial charge in [-0.2, -0.15) is 0 Å². The summed E-state index contributed by atoms with van der Waals surface area (Å²) in [6.07, 6.45) is 1.41. The molecule has 2 unspecified atom stereocenters. The smallest absolute Gasteiger partial charge is 0.245 e. The largest absolute Gasteiger partial charge is 0.391 e. The Morgan fingerprint density at radius 3 is 2.73 bits per heavy atom. The van der Waals surface area contributed by atoms with Gasteiger partial charge < -0.3 is 15.7 Å². The van der Waals surface area contributed by atoms with Crippen molar-refractivity contribution in [1.29, 1.82) is 0 Å². The Morgan fingerprint density at radius 1 is 1.41 bits per heavy atom. The van der Waals surface area contributed by atoms with Crippen molar-refractivity contribution in [2.75, 3.05) is 6.54 Å². The zero-order valence-corrected chi connectivity index (χ0v) is 13.3. The van der Waals surface area contributed by atoms with Gasteiger partial charge in [0.1, 0.15) is 6.04 Å². The minimum absolute atomic E-state index is 0.000473. The van der Waals surface area contributed by atoms with Gasteiger partial charge in [-0.25, -0.2) is 0 Å². The van der Waals surface area contributed by atoms with Crippen molar-refractivity contribution in [2.45, 2.75) is 38.3 Å². The van der Waals surface area contributed by atoms with Crippen LogP contribution >= 0.6 is 11.6 Å². The van der Waals surface area contributed by atoms with Crippen molar-refractivity contribution in [3.8, 4) is 0 Å². The summed E-state index contributed by atoms with van der Waals surface area (Å²) in [4.78, 5) is 23.8. The summed E-state index contributed by atoms with van der Waals surface area (Å²) in [6.45, 7) is 1.91. The molecule has 6 heteroatoms. The van der Waals surface area contributed by atoms with Gasteiger partial charge in [0, 0.05) is 17.5 Å². The number of nitrogens with one attached hydrogen (secondary N) is 2. The van der Waals surface area contributed by atoms with Crippen molar-refractivity contribution in [3.63, 3.8) is 0 Å². The van der Waals surface area contributed by atoms with Crippen LogP contribution in [-0.4, -0.2) is 35.6 Å². The molecular weight excluding hydrogens is 304 g/mol. The molecular formula is C16H21ClN2O3. The van der Waals surface area contributed by atoms with E-state index in [0.717, 1.165) is 18.4 Å². The van der Waals surface area contributed by atoms with Crippen LogP contribution < -0.4 is 10.6 Å². The van der Waals surface area contributed by atoms with Crippen molar-refractivity contribution >= 4 is 23.4 Å².